The van der Waals surface area contributed by atoms with Crippen LogP contribution in [0, 0.1) is 5.82 Å². The number of methoxy groups -OCH3 is 1. The van der Waals surface area contributed by atoms with Gasteiger partial charge in [-0.25, -0.2) is 4.39 Å². The van der Waals surface area contributed by atoms with E-state index in [9.17, 15) is 9.18 Å². The summed E-state index contributed by atoms with van der Waals surface area (Å²) in [6, 6.07) is 14.4. The van der Waals surface area contributed by atoms with Crippen LogP contribution in [0.25, 0.3) is 10.9 Å². The zero-order valence-electron chi connectivity index (χ0n) is 20.0. The highest BCUT2D eigenvalue weighted by atomic mass is 19.1. The SMILES string of the molecule is COC(=O)C[C@@H]1COc2cc(O[C@@H]3CCc4c(Oc5ccc6cnn(C)c6c5)ccc(F)c43)ccc21. The van der Waals surface area contributed by atoms with Crippen LogP contribution in [0.2, 0.25) is 0 Å². The van der Waals surface area contributed by atoms with Gasteiger partial charge in [-0.15, -0.1) is 0 Å². The predicted molar refractivity (Wildman–Crippen MR) is 130 cm³/mol. The normalized spacial score (nSPS) is 18.0. The quantitative estimate of drug-likeness (QED) is 0.329. The number of nitrogens with zero attached hydrogens (tertiary/aromatic N) is 2. The zero-order chi connectivity index (χ0) is 24.8. The van der Waals surface area contributed by atoms with E-state index in [1.165, 1.54) is 13.2 Å². The molecule has 3 aromatic carbocycles. The monoisotopic (exact) mass is 488 g/mol. The van der Waals surface area contributed by atoms with E-state index in [0.29, 0.717) is 48.0 Å². The highest BCUT2D eigenvalue weighted by Gasteiger charge is 2.32. The number of rotatable bonds is 6. The van der Waals surface area contributed by atoms with Crippen LogP contribution in [0.15, 0.2) is 54.7 Å². The number of carbonyl (C=O) groups excluding carboxylic acids is 1. The maximum atomic E-state index is 15.0. The lowest BCUT2D eigenvalue weighted by Crippen LogP contribution is -2.09. The second kappa shape index (κ2) is 8.86. The fourth-order valence-electron chi connectivity index (χ4n) is 5.12. The Morgan fingerprint density at radius 1 is 1.17 bits per heavy atom. The summed E-state index contributed by atoms with van der Waals surface area (Å²) in [6.07, 6.45) is 2.91. The van der Waals surface area contributed by atoms with Crippen LogP contribution in [0.1, 0.15) is 41.6 Å². The number of hydrogen-bond acceptors (Lipinski definition) is 6. The van der Waals surface area contributed by atoms with Gasteiger partial charge in [0, 0.05) is 47.2 Å². The lowest BCUT2D eigenvalue weighted by Gasteiger charge is -2.17. The van der Waals surface area contributed by atoms with Crippen LogP contribution in [-0.4, -0.2) is 29.5 Å². The van der Waals surface area contributed by atoms with Crippen molar-refractivity contribution < 1.29 is 28.1 Å². The standard InChI is InChI=1S/C28H25FN2O5/c1-31-23-12-18(4-3-16(23)14-30-31)35-24-10-8-22(29)28-21(24)7-9-25(28)36-19-5-6-20-17(11-27(32)33-2)15-34-26(20)13-19/h3-6,8,10,12-14,17,25H,7,9,11,15H2,1-2H3/t17-,25-/m1/s1. The average molecular weight is 489 g/mol. The summed E-state index contributed by atoms with van der Waals surface area (Å²) >= 11 is 0. The molecule has 0 radical (unpaired) electrons. The number of carbonyl (C=O) groups is 1. The molecule has 2 atom stereocenters. The van der Waals surface area contributed by atoms with Crippen molar-refractivity contribution in [1.29, 1.82) is 0 Å². The van der Waals surface area contributed by atoms with Gasteiger partial charge in [0.25, 0.3) is 0 Å². The third kappa shape index (κ3) is 3.92. The Hall–Kier alpha value is -4.07. The van der Waals surface area contributed by atoms with Gasteiger partial charge in [-0.1, -0.05) is 6.07 Å². The van der Waals surface area contributed by atoms with Gasteiger partial charge in [-0.05, 0) is 43.2 Å². The molecule has 8 heteroatoms. The molecule has 0 bridgehead atoms. The van der Waals surface area contributed by atoms with Crippen molar-refractivity contribution in [3.8, 4) is 23.0 Å². The molecule has 0 amide bonds. The molecule has 0 spiro atoms. The van der Waals surface area contributed by atoms with Gasteiger partial charge in [0.2, 0.25) is 0 Å². The van der Waals surface area contributed by atoms with E-state index in [4.69, 9.17) is 18.9 Å². The molecule has 2 aliphatic rings. The Morgan fingerprint density at radius 3 is 2.89 bits per heavy atom. The van der Waals surface area contributed by atoms with Crippen molar-refractivity contribution in [2.45, 2.75) is 31.3 Å². The molecule has 36 heavy (non-hydrogen) atoms. The van der Waals surface area contributed by atoms with Crippen LogP contribution < -0.4 is 14.2 Å². The molecule has 6 rings (SSSR count). The lowest BCUT2D eigenvalue weighted by molar-refractivity contribution is -0.141. The molecule has 184 valence electrons. The largest absolute Gasteiger partial charge is 0.492 e. The summed E-state index contributed by atoms with van der Waals surface area (Å²) in [6.45, 7) is 0.417. The van der Waals surface area contributed by atoms with E-state index in [-0.39, 0.29) is 24.1 Å². The van der Waals surface area contributed by atoms with E-state index in [2.05, 4.69) is 5.10 Å². The Balaban J connectivity index is 1.23. The Bertz CT molecular complexity index is 1480. The van der Waals surface area contributed by atoms with E-state index >= 15 is 0 Å². The molecule has 0 saturated heterocycles. The third-order valence-corrected chi connectivity index (χ3v) is 6.97. The summed E-state index contributed by atoms with van der Waals surface area (Å²) in [5.41, 5.74) is 3.26. The van der Waals surface area contributed by atoms with E-state index in [1.54, 1.807) is 16.9 Å². The molecule has 7 nitrogen and oxygen atoms in total. The first-order chi connectivity index (χ1) is 17.5. The fraction of sp³-hybridized carbons (Fsp3) is 0.286. The predicted octanol–water partition coefficient (Wildman–Crippen LogP) is 5.61. The van der Waals surface area contributed by atoms with Crippen molar-refractivity contribution in [3.63, 3.8) is 0 Å². The maximum Gasteiger partial charge on any atom is 0.306 e. The number of ether oxygens (including phenoxy) is 4. The number of benzene rings is 3. The van der Waals surface area contributed by atoms with E-state index < -0.39 is 6.10 Å². The second-order valence-corrected chi connectivity index (χ2v) is 9.16. The number of fused-ring (bicyclic) bond motifs is 3. The third-order valence-electron chi connectivity index (χ3n) is 6.97. The number of aromatic nitrogens is 2. The molecule has 2 heterocycles. The zero-order valence-corrected chi connectivity index (χ0v) is 20.0. The molecule has 0 saturated carbocycles. The molecular weight excluding hydrogens is 463 g/mol. The lowest BCUT2D eigenvalue weighted by atomic mass is 9.98. The van der Waals surface area contributed by atoms with Crippen molar-refractivity contribution in [1.82, 2.24) is 9.78 Å². The minimum absolute atomic E-state index is 0.0450. The van der Waals surface area contributed by atoms with Crippen LogP contribution in [0.4, 0.5) is 4.39 Å². The number of esters is 1. The highest BCUT2D eigenvalue weighted by Crippen LogP contribution is 2.44. The van der Waals surface area contributed by atoms with Crippen LogP contribution in [0.5, 0.6) is 23.0 Å². The fourth-order valence-corrected chi connectivity index (χ4v) is 5.12. The molecular formula is C28H25FN2O5. The van der Waals surface area contributed by atoms with Crippen molar-refractivity contribution in [3.05, 3.63) is 77.2 Å². The molecule has 1 aromatic heterocycles. The summed E-state index contributed by atoms with van der Waals surface area (Å²) < 4.78 is 39.8. The van der Waals surface area contributed by atoms with Gasteiger partial charge < -0.3 is 18.9 Å². The Labute approximate surface area is 207 Å². The van der Waals surface area contributed by atoms with Crippen LogP contribution >= 0.6 is 0 Å². The van der Waals surface area contributed by atoms with Crippen molar-refractivity contribution in [2.24, 2.45) is 7.05 Å². The van der Waals surface area contributed by atoms with E-state index in [1.807, 2.05) is 43.4 Å². The Kier molecular flexibility index (Phi) is 5.51. The first kappa shape index (κ1) is 22.4. The molecule has 0 unspecified atom stereocenters. The van der Waals surface area contributed by atoms with Crippen LogP contribution in [0.3, 0.4) is 0 Å². The summed E-state index contributed by atoms with van der Waals surface area (Å²) in [5.74, 6) is 1.95. The number of hydrogen-bond donors (Lipinski definition) is 0. The van der Waals surface area contributed by atoms with Gasteiger partial charge in [-0.3, -0.25) is 9.48 Å². The molecule has 1 aliphatic carbocycles. The number of aryl methyl sites for hydroxylation is 1. The first-order valence-electron chi connectivity index (χ1n) is 11.9. The second-order valence-electron chi connectivity index (χ2n) is 9.16. The minimum Gasteiger partial charge on any atom is -0.492 e. The minimum atomic E-state index is -0.437. The van der Waals surface area contributed by atoms with Gasteiger partial charge >= 0.3 is 5.97 Å². The summed E-state index contributed by atoms with van der Waals surface area (Å²) in [7, 11) is 3.26. The van der Waals surface area contributed by atoms with Crippen molar-refractivity contribution in [2.75, 3.05) is 13.7 Å². The first-order valence-corrected chi connectivity index (χ1v) is 11.9. The molecule has 0 N–H and O–H groups in total. The van der Waals surface area contributed by atoms with Gasteiger partial charge in [0.05, 0.1) is 31.9 Å². The van der Waals surface area contributed by atoms with Gasteiger partial charge in [-0.2, -0.15) is 5.10 Å². The van der Waals surface area contributed by atoms with Crippen molar-refractivity contribution >= 4 is 16.9 Å². The summed E-state index contributed by atoms with van der Waals surface area (Å²) in [4.78, 5) is 11.7. The Morgan fingerprint density at radius 2 is 2.03 bits per heavy atom. The van der Waals surface area contributed by atoms with Gasteiger partial charge in [0.1, 0.15) is 34.9 Å². The molecule has 4 aromatic rings. The maximum absolute atomic E-state index is 15.0. The van der Waals surface area contributed by atoms with Gasteiger partial charge in [0.15, 0.2) is 0 Å². The smallest absolute Gasteiger partial charge is 0.306 e. The topological polar surface area (TPSA) is 71.8 Å². The summed E-state index contributed by atoms with van der Waals surface area (Å²) in [5, 5.41) is 5.30. The molecule has 0 fully saturated rings. The van der Waals surface area contributed by atoms with E-state index in [0.717, 1.165) is 22.0 Å². The molecule has 1 aliphatic heterocycles. The number of halogens is 1. The van der Waals surface area contributed by atoms with Crippen LogP contribution in [-0.2, 0) is 23.0 Å². The highest BCUT2D eigenvalue weighted by molar-refractivity contribution is 5.80. The average Bonchev–Trinajstić information content (AvgIpc) is 3.59.